The van der Waals surface area contributed by atoms with Gasteiger partial charge in [0.05, 0.1) is 0 Å². The predicted octanol–water partition coefficient (Wildman–Crippen LogP) is 4.12. The van der Waals surface area contributed by atoms with Gasteiger partial charge in [-0.25, -0.2) is 4.79 Å². The van der Waals surface area contributed by atoms with E-state index in [1.165, 1.54) is 6.08 Å². The molecule has 1 N–H and O–H groups in total. The SMILES string of the molecule is N#CC(=Cc1ccc(Oc2ccc(Cl)cc2)cc1)C(=O)O. The lowest BCUT2D eigenvalue weighted by atomic mass is 10.1. The first-order valence-corrected chi connectivity index (χ1v) is 6.35. The number of carboxylic acid groups (broad SMARTS) is 1. The fraction of sp³-hybridized carbons (Fsp3) is 0. The molecule has 2 rings (SSSR count). The molecule has 21 heavy (non-hydrogen) atoms. The third-order valence-electron chi connectivity index (χ3n) is 2.59. The van der Waals surface area contributed by atoms with Crippen molar-refractivity contribution in [3.8, 4) is 17.6 Å². The number of carboxylic acids is 1. The second-order valence-corrected chi connectivity index (χ2v) is 4.54. The van der Waals surface area contributed by atoms with Crippen molar-refractivity contribution in [3.63, 3.8) is 0 Å². The van der Waals surface area contributed by atoms with Crippen LogP contribution < -0.4 is 4.74 Å². The summed E-state index contributed by atoms with van der Waals surface area (Å²) in [5, 5.41) is 18.1. The Bertz CT molecular complexity index is 713. The van der Waals surface area contributed by atoms with Crippen molar-refractivity contribution in [1.29, 1.82) is 5.26 Å². The van der Waals surface area contributed by atoms with Crippen LogP contribution in [-0.2, 0) is 4.79 Å². The molecule has 104 valence electrons. The molecule has 0 aromatic heterocycles. The summed E-state index contributed by atoms with van der Waals surface area (Å²) in [5.41, 5.74) is 0.291. The van der Waals surface area contributed by atoms with E-state index in [0.29, 0.717) is 22.1 Å². The standard InChI is InChI=1S/C16H10ClNO3/c17-13-3-7-15(8-4-13)21-14-5-1-11(2-6-14)9-12(10-18)16(19)20/h1-9H,(H,19,20). The Morgan fingerprint density at radius 1 is 1.10 bits per heavy atom. The molecule has 0 atom stereocenters. The molecule has 0 heterocycles. The number of rotatable bonds is 4. The van der Waals surface area contributed by atoms with E-state index in [0.717, 1.165) is 0 Å². The van der Waals surface area contributed by atoms with Crippen LogP contribution in [0.4, 0.5) is 0 Å². The second kappa shape index (κ2) is 6.60. The van der Waals surface area contributed by atoms with Crippen LogP contribution in [0.25, 0.3) is 6.08 Å². The van der Waals surface area contributed by atoms with Crippen LogP contribution in [0.1, 0.15) is 5.56 Å². The van der Waals surface area contributed by atoms with Gasteiger partial charge in [-0.1, -0.05) is 23.7 Å². The molecule has 0 radical (unpaired) electrons. The van der Waals surface area contributed by atoms with E-state index in [4.69, 9.17) is 26.7 Å². The van der Waals surface area contributed by atoms with Gasteiger partial charge in [0.15, 0.2) is 0 Å². The maximum absolute atomic E-state index is 10.7. The summed E-state index contributed by atoms with van der Waals surface area (Å²) in [7, 11) is 0. The largest absolute Gasteiger partial charge is 0.477 e. The average molecular weight is 300 g/mol. The van der Waals surface area contributed by atoms with E-state index in [-0.39, 0.29) is 5.57 Å². The third kappa shape index (κ3) is 4.10. The molecule has 2 aromatic carbocycles. The van der Waals surface area contributed by atoms with Crippen molar-refractivity contribution in [2.24, 2.45) is 0 Å². The minimum atomic E-state index is -1.25. The quantitative estimate of drug-likeness (QED) is 0.681. The van der Waals surface area contributed by atoms with Crippen LogP contribution >= 0.6 is 11.6 Å². The first-order valence-electron chi connectivity index (χ1n) is 5.97. The normalized spacial score (nSPS) is 10.8. The molecule has 0 amide bonds. The number of hydrogen-bond donors (Lipinski definition) is 1. The molecule has 0 aliphatic carbocycles. The lowest BCUT2D eigenvalue weighted by Gasteiger charge is -2.05. The lowest BCUT2D eigenvalue weighted by Crippen LogP contribution is -1.97. The van der Waals surface area contributed by atoms with Crippen LogP contribution in [-0.4, -0.2) is 11.1 Å². The maximum atomic E-state index is 10.7. The van der Waals surface area contributed by atoms with Crippen LogP contribution in [0.3, 0.4) is 0 Å². The topological polar surface area (TPSA) is 70.3 Å². The Balaban J connectivity index is 2.14. The van der Waals surface area contributed by atoms with E-state index < -0.39 is 5.97 Å². The zero-order chi connectivity index (χ0) is 15.2. The average Bonchev–Trinajstić information content (AvgIpc) is 2.48. The number of aliphatic carboxylic acids is 1. The summed E-state index contributed by atoms with van der Waals surface area (Å²) in [6.07, 6.45) is 1.30. The first-order chi connectivity index (χ1) is 10.1. The van der Waals surface area contributed by atoms with Gasteiger partial charge in [-0.15, -0.1) is 0 Å². The fourth-order valence-electron chi connectivity index (χ4n) is 1.58. The van der Waals surface area contributed by atoms with Crippen LogP contribution in [0, 0.1) is 11.3 Å². The molecule has 0 aliphatic rings. The van der Waals surface area contributed by atoms with Gasteiger partial charge in [-0.05, 0) is 48.0 Å². The minimum absolute atomic E-state index is 0.318. The molecular formula is C16H10ClNO3. The van der Waals surface area contributed by atoms with Gasteiger partial charge >= 0.3 is 5.97 Å². The van der Waals surface area contributed by atoms with Gasteiger partial charge < -0.3 is 9.84 Å². The summed E-state index contributed by atoms with van der Waals surface area (Å²) in [6.45, 7) is 0. The molecule has 2 aromatic rings. The van der Waals surface area contributed by atoms with Crippen molar-refractivity contribution in [1.82, 2.24) is 0 Å². The van der Waals surface area contributed by atoms with Crippen LogP contribution in [0.15, 0.2) is 54.1 Å². The first kappa shape index (κ1) is 14.6. The van der Waals surface area contributed by atoms with Crippen molar-refractivity contribution in [2.75, 3.05) is 0 Å². The Morgan fingerprint density at radius 2 is 1.62 bits per heavy atom. The third-order valence-corrected chi connectivity index (χ3v) is 2.84. The summed E-state index contributed by atoms with van der Waals surface area (Å²) >= 11 is 5.79. The minimum Gasteiger partial charge on any atom is -0.477 e. The summed E-state index contributed by atoms with van der Waals surface area (Å²) in [4.78, 5) is 10.7. The van der Waals surface area contributed by atoms with Crippen molar-refractivity contribution < 1.29 is 14.6 Å². The second-order valence-electron chi connectivity index (χ2n) is 4.10. The van der Waals surface area contributed by atoms with Crippen molar-refractivity contribution >= 4 is 23.6 Å². The monoisotopic (exact) mass is 299 g/mol. The zero-order valence-corrected chi connectivity index (χ0v) is 11.5. The summed E-state index contributed by atoms with van der Waals surface area (Å²) < 4.78 is 5.61. The zero-order valence-electron chi connectivity index (χ0n) is 10.8. The molecule has 4 nitrogen and oxygen atoms in total. The maximum Gasteiger partial charge on any atom is 0.346 e. The Labute approximate surface area is 126 Å². The van der Waals surface area contributed by atoms with E-state index in [9.17, 15) is 4.79 Å². The van der Waals surface area contributed by atoms with E-state index in [1.54, 1.807) is 54.6 Å². The fourth-order valence-corrected chi connectivity index (χ4v) is 1.71. The summed E-state index contributed by atoms with van der Waals surface area (Å²) in [5.74, 6) is -0.00626. The number of ether oxygens (including phenoxy) is 1. The Morgan fingerprint density at radius 3 is 2.10 bits per heavy atom. The molecule has 0 saturated heterocycles. The van der Waals surface area contributed by atoms with Gasteiger partial charge in [0.25, 0.3) is 0 Å². The van der Waals surface area contributed by atoms with Crippen molar-refractivity contribution in [2.45, 2.75) is 0 Å². The number of hydrogen-bond acceptors (Lipinski definition) is 3. The van der Waals surface area contributed by atoms with Gasteiger partial charge in [-0.2, -0.15) is 5.26 Å². The summed E-state index contributed by atoms with van der Waals surface area (Å²) in [6, 6.07) is 15.3. The number of carbonyl (C=O) groups is 1. The highest BCUT2D eigenvalue weighted by molar-refractivity contribution is 6.30. The van der Waals surface area contributed by atoms with Crippen LogP contribution in [0.5, 0.6) is 11.5 Å². The molecule has 0 aliphatic heterocycles. The highest BCUT2D eigenvalue weighted by Gasteiger charge is 2.05. The Kier molecular flexibility index (Phi) is 4.60. The van der Waals surface area contributed by atoms with E-state index >= 15 is 0 Å². The number of halogens is 1. The molecule has 5 heteroatoms. The highest BCUT2D eigenvalue weighted by atomic mass is 35.5. The molecule has 0 fully saturated rings. The number of benzene rings is 2. The lowest BCUT2D eigenvalue weighted by molar-refractivity contribution is -0.132. The Hall–Kier alpha value is -2.77. The van der Waals surface area contributed by atoms with Gasteiger partial charge in [0, 0.05) is 5.02 Å². The predicted molar refractivity (Wildman–Crippen MR) is 79.2 cm³/mol. The molecular weight excluding hydrogens is 290 g/mol. The molecule has 0 unspecified atom stereocenters. The van der Waals surface area contributed by atoms with Gasteiger partial charge in [0.1, 0.15) is 23.1 Å². The van der Waals surface area contributed by atoms with Gasteiger partial charge in [-0.3, -0.25) is 0 Å². The van der Waals surface area contributed by atoms with E-state index in [2.05, 4.69) is 0 Å². The van der Waals surface area contributed by atoms with Gasteiger partial charge in [0.2, 0.25) is 0 Å². The highest BCUT2D eigenvalue weighted by Crippen LogP contribution is 2.23. The molecule has 0 spiro atoms. The molecule has 0 saturated carbocycles. The van der Waals surface area contributed by atoms with Crippen LogP contribution in [0.2, 0.25) is 5.02 Å². The van der Waals surface area contributed by atoms with E-state index in [1.807, 2.05) is 0 Å². The number of nitrogens with zero attached hydrogens (tertiary/aromatic N) is 1. The van der Waals surface area contributed by atoms with Crippen molar-refractivity contribution in [3.05, 3.63) is 64.7 Å². The number of nitriles is 1. The smallest absolute Gasteiger partial charge is 0.346 e. The molecule has 0 bridgehead atoms.